The van der Waals surface area contributed by atoms with Crippen LogP contribution in [0.3, 0.4) is 0 Å². The van der Waals surface area contributed by atoms with Crippen LogP contribution < -0.4 is 0 Å². The molecule has 0 amide bonds. The third kappa shape index (κ3) is 16.5. The molecule has 33 heavy (non-hydrogen) atoms. The van der Waals surface area contributed by atoms with Crippen molar-refractivity contribution in [3.05, 3.63) is 0 Å². The Morgan fingerprint density at radius 3 is 1.55 bits per heavy atom. The van der Waals surface area contributed by atoms with Crippen LogP contribution in [0.15, 0.2) is 0 Å². The Labute approximate surface area is 192 Å². The average Bonchev–Trinajstić information content (AvgIpc) is 2.54. The smallest absolute Gasteiger partial charge is 0.379 e. The topological polar surface area (TPSA) is 46.2 Å². The minimum atomic E-state index is -5.91. The largest absolute Gasteiger partial charge is 0.525 e. The summed E-state index contributed by atoms with van der Waals surface area (Å²) in [5, 5.41) is 0. The molecule has 3 atom stereocenters. The predicted molar refractivity (Wildman–Crippen MR) is 90.2 cm³/mol. The highest BCUT2D eigenvalue weighted by Crippen LogP contribution is 2.63. The van der Waals surface area contributed by atoms with E-state index in [0.717, 1.165) is 0 Å². The van der Waals surface area contributed by atoms with E-state index in [1.807, 2.05) is 0 Å². The average molecular weight is 604 g/mol. The lowest BCUT2D eigenvalue weighted by molar-refractivity contribution is -0.439. The van der Waals surface area contributed by atoms with Crippen LogP contribution in [0.2, 0.25) is 0 Å². The number of hydrogen-bond donors (Lipinski definition) is 0. The van der Waals surface area contributed by atoms with E-state index in [1.54, 1.807) is 0 Å². The van der Waals surface area contributed by atoms with E-state index in [0.29, 0.717) is 0 Å². The molecule has 21 heteroatoms. The number of ether oxygens (including phenoxy) is 5. The maximum Gasteiger partial charge on any atom is 0.525 e. The standard InChI is InChI=1S/C12H13Cl3F12O5S/c13-33(14,15)3-1-2-28-4-6(30-10(20,21)8(17)32-12(25,26)27)5-29-9(18,19)7(16)31-11(22,23)24/h6-8H,1-5H2. The van der Waals surface area contributed by atoms with Gasteiger partial charge in [0.2, 0.25) is 0 Å². The minimum absolute atomic E-state index is 0.0686. The number of hydrogen-bond acceptors (Lipinski definition) is 5. The third-order valence-electron chi connectivity index (χ3n) is 2.76. The Kier molecular flexibility index (Phi) is 13.0. The zero-order chi connectivity index (χ0) is 26.3. The van der Waals surface area contributed by atoms with Gasteiger partial charge in [0.15, 0.2) is 0 Å². The quantitative estimate of drug-likeness (QED) is 0.150. The highest BCUT2D eigenvalue weighted by molar-refractivity contribution is 8.79. The Morgan fingerprint density at radius 1 is 0.667 bits per heavy atom. The molecule has 0 aromatic carbocycles. The van der Waals surface area contributed by atoms with E-state index in [9.17, 15) is 52.7 Å². The van der Waals surface area contributed by atoms with Crippen molar-refractivity contribution >= 4 is 39.7 Å². The van der Waals surface area contributed by atoms with Gasteiger partial charge in [-0.1, -0.05) is 0 Å². The van der Waals surface area contributed by atoms with Crippen LogP contribution in [-0.2, 0) is 23.7 Å². The molecule has 0 aliphatic carbocycles. The molecular formula is C12H13Cl3F12O5S. The molecule has 0 aromatic rings. The molecule has 0 bridgehead atoms. The molecule has 0 fully saturated rings. The molecule has 0 saturated carbocycles. The van der Waals surface area contributed by atoms with Gasteiger partial charge in [-0.25, -0.2) is 18.3 Å². The first-order valence-electron chi connectivity index (χ1n) is 7.86. The van der Waals surface area contributed by atoms with Crippen LogP contribution in [0, 0.1) is 0 Å². The molecule has 3 unspecified atom stereocenters. The summed E-state index contributed by atoms with van der Waals surface area (Å²) in [6, 6.07) is 0. The van der Waals surface area contributed by atoms with E-state index in [2.05, 4.69) is 23.7 Å². The lowest BCUT2D eigenvalue weighted by Gasteiger charge is -2.28. The lowest BCUT2D eigenvalue weighted by Crippen LogP contribution is -2.46. The molecule has 5 nitrogen and oxygen atoms in total. The maximum atomic E-state index is 13.5. The number of alkyl halides is 12. The van der Waals surface area contributed by atoms with Crippen LogP contribution in [0.5, 0.6) is 0 Å². The van der Waals surface area contributed by atoms with E-state index < -0.39 is 71.3 Å². The summed E-state index contributed by atoms with van der Waals surface area (Å²) in [6.07, 6.45) is -34.3. The van der Waals surface area contributed by atoms with Gasteiger partial charge in [0.1, 0.15) is 6.10 Å². The van der Waals surface area contributed by atoms with Crippen LogP contribution in [-0.4, -0.2) is 69.3 Å². The fraction of sp³-hybridized carbons (Fsp3) is 1.00. The maximum absolute atomic E-state index is 13.5. The first-order valence-corrected chi connectivity index (χ1v) is 12.1. The fourth-order valence-electron chi connectivity index (χ4n) is 1.57. The van der Waals surface area contributed by atoms with Crippen LogP contribution in [0.25, 0.3) is 0 Å². The second kappa shape index (κ2) is 12.9. The number of halogens is 15. The van der Waals surface area contributed by atoms with Crippen molar-refractivity contribution < 1.29 is 76.4 Å². The lowest BCUT2D eigenvalue weighted by atomic mass is 10.4. The third-order valence-corrected chi connectivity index (χ3v) is 4.90. The first-order chi connectivity index (χ1) is 14.5. The van der Waals surface area contributed by atoms with Gasteiger partial charge in [0.25, 0.3) is 12.7 Å². The van der Waals surface area contributed by atoms with Crippen molar-refractivity contribution in [2.45, 2.75) is 50.2 Å². The molecule has 0 spiro atoms. The molecular weight excluding hydrogens is 591 g/mol. The minimum Gasteiger partial charge on any atom is -0.379 e. The second-order valence-electron chi connectivity index (χ2n) is 5.57. The van der Waals surface area contributed by atoms with Crippen molar-refractivity contribution in [3.8, 4) is 0 Å². The van der Waals surface area contributed by atoms with Gasteiger partial charge in [-0.15, -0.1) is 26.3 Å². The van der Waals surface area contributed by atoms with E-state index >= 15 is 0 Å². The van der Waals surface area contributed by atoms with Gasteiger partial charge >= 0.3 is 24.9 Å². The predicted octanol–water partition coefficient (Wildman–Crippen LogP) is 6.91. The van der Waals surface area contributed by atoms with Gasteiger partial charge in [-0.2, -0.15) is 17.6 Å². The van der Waals surface area contributed by atoms with Crippen LogP contribution >= 0.6 is 39.7 Å². The first kappa shape index (κ1) is 33.2. The Bertz CT molecular complexity index is 578. The van der Waals surface area contributed by atoms with Gasteiger partial charge in [-0.05, 0) is 46.1 Å². The highest BCUT2D eigenvalue weighted by Gasteiger charge is 2.52. The highest BCUT2D eigenvalue weighted by atomic mass is 36.2. The molecule has 0 aliphatic rings. The SMILES string of the molecule is FC(OC(F)(F)F)C(F)(F)OCC(COCCCS(Cl)(Cl)Cl)OC(F)(F)C(F)OC(F)(F)F. The van der Waals surface area contributed by atoms with Crippen molar-refractivity contribution in [1.82, 2.24) is 0 Å². The summed E-state index contributed by atoms with van der Waals surface area (Å²) in [5.74, 6) is -0.0990. The van der Waals surface area contributed by atoms with Crippen molar-refractivity contribution in [3.63, 3.8) is 0 Å². The van der Waals surface area contributed by atoms with E-state index in [1.165, 1.54) is 0 Å². The van der Waals surface area contributed by atoms with Crippen LogP contribution in [0.1, 0.15) is 6.42 Å². The Morgan fingerprint density at radius 2 is 1.12 bits per heavy atom. The van der Waals surface area contributed by atoms with Crippen LogP contribution in [0.4, 0.5) is 52.7 Å². The van der Waals surface area contributed by atoms with Gasteiger partial charge in [0, 0.05) is 12.4 Å². The molecule has 202 valence electrons. The molecule has 0 N–H and O–H groups in total. The fourth-order valence-corrected chi connectivity index (χ4v) is 3.00. The summed E-state index contributed by atoms with van der Waals surface area (Å²) in [5.41, 5.74) is 0. The molecule has 0 heterocycles. The van der Waals surface area contributed by atoms with Crippen molar-refractivity contribution in [2.75, 3.05) is 25.6 Å². The summed E-state index contributed by atoms with van der Waals surface area (Å²) in [7, 11) is 13.8. The summed E-state index contributed by atoms with van der Waals surface area (Å²) >= 11 is 0. The Hall–Kier alpha value is 0.180. The van der Waals surface area contributed by atoms with Gasteiger partial charge in [0.05, 0.1) is 13.2 Å². The van der Waals surface area contributed by atoms with E-state index in [4.69, 9.17) is 32.0 Å². The summed E-state index contributed by atoms with van der Waals surface area (Å²) in [4.78, 5) is 0. The second-order valence-corrected chi connectivity index (χ2v) is 13.1. The zero-order valence-electron chi connectivity index (χ0n) is 15.4. The number of rotatable bonds is 15. The zero-order valence-corrected chi connectivity index (χ0v) is 18.5. The van der Waals surface area contributed by atoms with E-state index in [-0.39, 0.29) is 12.2 Å². The molecule has 0 radical (unpaired) electrons. The molecule has 0 rings (SSSR count). The molecule has 0 aliphatic heterocycles. The summed E-state index contributed by atoms with van der Waals surface area (Å²) < 4.78 is 167. The van der Waals surface area contributed by atoms with Gasteiger partial charge < -0.3 is 14.2 Å². The summed E-state index contributed by atoms with van der Waals surface area (Å²) in [6.45, 7) is -3.61. The van der Waals surface area contributed by atoms with Crippen molar-refractivity contribution in [1.29, 1.82) is 0 Å². The normalized spacial score (nSPS) is 17.7. The van der Waals surface area contributed by atoms with Crippen molar-refractivity contribution in [2.24, 2.45) is 0 Å². The Balaban J connectivity index is 5.17. The monoisotopic (exact) mass is 602 g/mol. The molecule has 0 aromatic heterocycles. The van der Waals surface area contributed by atoms with Gasteiger partial charge in [-0.3, -0.25) is 0 Å². The molecule has 0 saturated heterocycles.